The molecule has 4 atom stereocenters. The predicted octanol–water partition coefficient (Wildman–Crippen LogP) is 2.69. The van der Waals surface area contributed by atoms with Gasteiger partial charge in [-0.3, -0.25) is 0 Å². The van der Waals surface area contributed by atoms with Crippen LogP contribution in [-0.2, 0) is 0 Å². The summed E-state index contributed by atoms with van der Waals surface area (Å²) < 4.78 is 0. The van der Waals surface area contributed by atoms with Gasteiger partial charge in [-0.1, -0.05) is 13.8 Å². The van der Waals surface area contributed by atoms with E-state index in [1.165, 1.54) is 19.3 Å². The Balaban J connectivity index is 2.08. The van der Waals surface area contributed by atoms with E-state index < -0.39 is 0 Å². The predicted molar refractivity (Wildman–Crippen MR) is 39.2 cm³/mol. The first-order valence-electron chi connectivity index (χ1n) is 4.29. The summed E-state index contributed by atoms with van der Waals surface area (Å²) in [7, 11) is 0. The third-order valence-electron chi connectivity index (χ3n) is 3.59. The van der Waals surface area contributed by atoms with Gasteiger partial charge in [0, 0.05) is 0 Å². The SMILES string of the molecule is CC1CC(C)[C@@H]2CC[C@H]12. The lowest BCUT2D eigenvalue weighted by Gasteiger charge is -2.34. The molecule has 2 saturated carbocycles. The molecule has 0 aromatic heterocycles. The summed E-state index contributed by atoms with van der Waals surface area (Å²) in [4.78, 5) is 0. The van der Waals surface area contributed by atoms with Gasteiger partial charge in [0.2, 0.25) is 0 Å². The summed E-state index contributed by atoms with van der Waals surface area (Å²) in [5.74, 6) is 4.39. The molecule has 52 valence electrons. The first-order valence-corrected chi connectivity index (χ1v) is 4.29. The number of hydrogen-bond donors (Lipinski definition) is 0. The van der Waals surface area contributed by atoms with Crippen LogP contribution in [0.3, 0.4) is 0 Å². The van der Waals surface area contributed by atoms with Gasteiger partial charge in [0.05, 0.1) is 0 Å². The van der Waals surface area contributed by atoms with Crippen LogP contribution >= 0.6 is 0 Å². The highest BCUT2D eigenvalue weighted by Gasteiger charge is 2.44. The molecule has 0 aromatic carbocycles. The summed E-state index contributed by atoms with van der Waals surface area (Å²) in [6.45, 7) is 4.86. The van der Waals surface area contributed by atoms with Crippen molar-refractivity contribution in [3.05, 3.63) is 0 Å². The number of rotatable bonds is 0. The quantitative estimate of drug-likeness (QED) is 0.465. The molecule has 0 spiro atoms. The Morgan fingerprint density at radius 1 is 0.889 bits per heavy atom. The van der Waals surface area contributed by atoms with Gasteiger partial charge in [0.15, 0.2) is 0 Å². The maximum atomic E-state index is 2.43. The molecule has 0 aliphatic heterocycles. The van der Waals surface area contributed by atoms with E-state index in [4.69, 9.17) is 0 Å². The highest BCUT2D eigenvalue weighted by molar-refractivity contribution is 4.93. The fourth-order valence-electron chi connectivity index (χ4n) is 2.90. The van der Waals surface area contributed by atoms with E-state index in [0.29, 0.717) is 0 Å². The van der Waals surface area contributed by atoms with E-state index in [9.17, 15) is 0 Å². The van der Waals surface area contributed by atoms with Crippen LogP contribution in [0.25, 0.3) is 0 Å². The number of fused-ring (bicyclic) bond motifs is 1. The van der Waals surface area contributed by atoms with Crippen LogP contribution in [0.2, 0.25) is 0 Å². The van der Waals surface area contributed by atoms with Crippen molar-refractivity contribution in [1.29, 1.82) is 0 Å². The molecule has 0 aromatic rings. The average molecular weight is 124 g/mol. The third kappa shape index (κ3) is 0.653. The molecule has 0 heteroatoms. The van der Waals surface area contributed by atoms with Crippen molar-refractivity contribution in [2.24, 2.45) is 23.7 Å². The Bertz CT molecular complexity index is 103. The van der Waals surface area contributed by atoms with E-state index in [2.05, 4.69) is 13.8 Å². The molecule has 2 rings (SSSR count). The van der Waals surface area contributed by atoms with Gasteiger partial charge in [-0.05, 0) is 42.9 Å². The maximum absolute atomic E-state index is 2.43. The Morgan fingerprint density at radius 3 is 1.56 bits per heavy atom. The largest absolute Gasteiger partial charge is 0.0622 e. The summed E-state index contributed by atoms with van der Waals surface area (Å²) in [6, 6.07) is 0. The van der Waals surface area contributed by atoms with E-state index in [0.717, 1.165) is 23.7 Å². The van der Waals surface area contributed by atoms with E-state index in [1.54, 1.807) is 0 Å². The van der Waals surface area contributed by atoms with Crippen LogP contribution in [0.1, 0.15) is 33.1 Å². The molecular weight excluding hydrogens is 108 g/mol. The van der Waals surface area contributed by atoms with Crippen molar-refractivity contribution < 1.29 is 0 Å². The molecular formula is C9H16. The molecule has 0 N–H and O–H groups in total. The molecule has 0 amide bonds. The lowest BCUT2D eigenvalue weighted by Crippen LogP contribution is -2.26. The first-order chi connectivity index (χ1) is 4.29. The topological polar surface area (TPSA) is 0 Å². The van der Waals surface area contributed by atoms with Crippen LogP contribution in [-0.4, -0.2) is 0 Å². The summed E-state index contributed by atoms with van der Waals surface area (Å²) in [5.41, 5.74) is 0. The molecule has 2 unspecified atom stereocenters. The lowest BCUT2D eigenvalue weighted by atomic mass is 9.71. The Labute approximate surface area is 57.6 Å². The van der Waals surface area contributed by atoms with Gasteiger partial charge < -0.3 is 0 Å². The molecule has 9 heavy (non-hydrogen) atoms. The van der Waals surface area contributed by atoms with Gasteiger partial charge in [-0.2, -0.15) is 0 Å². The van der Waals surface area contributed by atoms with Gasteiger partial charge in [0.1, 0.15) is 0 Å². The minimum absolute atomic E-state index is 1.05. The Kier molecular flexibility index (Phi) is 1.12. The van der Waals surface area contributed by atoms with Crippen LogP contribution < -0.4 is 0 Å². The average Bonchev–Trinajstić information content (AvgIpc) is 1.73. The zero-order valence-corrected chi connectivity index (χ0v) is 6.43. The minimum atomic E-state index is 1.05. The lowest BCUT2D eigenvalue weighted by molar-refractivity contribution is 0.154. The van der Waals surface area contributed by atoms with Crippen LogP contribution in [0.15, 0.2) is 0 Å². The Hall–Kier alpha value is 0. The fourth-order valence-corrected chi connectivity index (χ4v) is 2.90. The van der Waals surface area contributed by atoms with Gasteiger partial charge in [0.25, 0.3) is 0 Å². The molecule has 0 bridgehead atoms. The van der Waals surface area contributed by atoms with Crippen molar-refractivity contribution >= 4 is 0 Å². The minimum Gasteiger partial charge on any atom is -0.0622 e. The van der Waals surface area contributed by atoms with Crippen molar-refractivity contribution in [1.82, 2.24) is 0 Å². The summed E-state index contributed by atoms with van der Waals surface area (Å²) in [6.07, 6.45) is 4.58. The van der Waals surface area contributed by atoms with Crippen LogP contribution in [0, 0.1) is 23.7 Å². The van der Waals surface area contributed by atoms with Gasteiger partial charge in [-0.25, -0.2) is 0 Å². The monoisotopic (exact) mass is 124 g/mol. The molecule has 0 saturated heterocycles. The zero-order chi connectivity index (χ0) is 6.43. The van der Waals surface area contributed by atoms with Crippen LogP contribution in [0.5, 0.6) is 0 Å². The molecule has 0 radical (unpaired) electrons. The normalized spacial score (nSPS) is 56.7. The fraction of sp³-hybridized carbons (Fsp3) is 1.00. The molecule has 2 aliphatic rings. The second-order valence-corrected chi connectivity index (χ2v) is 4.10. The van der Waals surface area contributed by atoms with Crippen molar-refractivity contribution in [2.75, 3.05) is 0 Å². The van der Waals surface area contributed by atoms with E-state index >= 15 is 0 Å². The maximum Gasteiger partial charge on any atom is -0.0357 e. The van der Waals surface area contributed by atoms with Crippen molar-refractivity contribution in [3.8, 4) is 0 Å². The zero-order valence-electron chi connectivity index (χ0n) is 6.43. The van der Waals surface area contributed by atoms with Crippen molar-refractivity contribution in [3.63, 3.8) is 0 Å². The molecule has 2 aliphatic carbocycles. The standard InChI is InChI=1S/C9H16/c1-6-5-7(2)9-4-3-8(6)9/h6-9H,3-5H2,1-2H3/t6?,7?,8-,9+. The molecule has 2 fully saturated rings. The van der Waals surface area contributed by atoms with Crippen molar-refractivity contribution in [2.45, 2.75) is 33.1 Å². The summed E-state index contributed by atoms with van der Waals surface area (Å²) in [5, 5.41) is 0. The third-order valence-corrected chi connectivity index (χ3v) is 3.59. The Morgan fingerprint density at radius 2 is 1.33 bits per heavy atom. The van der Waals surface area contributed by atoms with Crippen LogP contribution in [0.4, 0.5) is 0 Å². The highest BCUT2D eigenvalue weighted by atomic mass is 14.5. The second-order valence-electron chi connectivity index (χ2n) is 4.10. The summed E-state index contributed by atoms with van der Waals surface area (Å²) >= 11 is 0. The van der Waals surface area contributed by atoms with E-state index in [1.807, 2.05) is 0 Å². The number of hydrogen-bond acceptors (Lipinski definition) is 0. The van der Waals surface area contributed by atoms with Gasteiger partial charge >= 0.3 is 0 Å². The second kappa shape index (κ2) is 1.74. The smallest absolute Gasteiger partial charge is 0.0357 e. The van der Waals surface area contributed by atoms with Gasteiger partial charge in [-0.15, -0.1) is 0 Å². The first kappa shape index (κ1) is 5.76. The van der Waals surface area contributed by atoms with E-state index in [-0.39, 0.29) is 0 Å². The molecule has 0 nitrogen and oxygen atoms in total. The molecule has 0 heterocycles. The highest BCUT2D eigenvalue weighted by Crippen LogP contribution is 2.53.